The van der Waals surface area contributed by atoms with Crippen LogP contribution in [-0.4, -0.2) is 52.8 Å². The molecule has 2 N–H and O–H groups in total. The van der Waals surface area contributed by atoms with Gasteiger partial charge in [0.2, 0.25) is 0 Å². The summed E-state index contributed by atoms with van der Waals surface area (Å²) >= 11 is 1.55. The molecule has 1 aliphatic rings. The zero-order valence-corrected chi connectivity index (χ0v) is 19.4. The number of amidine groups is 1. The minimum atomic E-state index is -0.513. The number of aliphatic hydroxyl groups excluding tert-OH is 1. The average Bonchev–Trinajstić information content (AvgIpc) is 2.77. The molecular formula is C25H34N2O3S. The van der Waals surface area contributed by atoms with Crippen LogP contribution < -0.4 is 0 Å². The fourth-order valence-electron chi connectivity index (χ4n) is 3.97. The second kappa shape index (κ2) is 11.7. The van der Waals surface area contributed by atoms with Gasteiger partial charge in [0.25, 0.3) is 0 Å². The molecule has 168 valence electrons. The van der Waals surface area contributed by atoms with Crippen molar-refractivity contribution < 1.29 is 14.6 Å². The molecule has 6 heteroatoms. The smallest absolute Gasteiger partial charge is 0.156 e. The molecule has 0 aromatic heterocycles. The van der Waals surface area contributed by atoms with E-state index in [1.807, 2.05) is 62.3 Å². The molecule has 1 saturated carbocycles. The van der Waals surface area contributed by atoms with E-state index in [4.69, 9.17) is 14.9 Å². The van der Waals surface area contributed by atoms with Gasteiger partial charge in [0.15, 0.2) is 5.17 Å². The molecule has 5 nitrogen and oxygen atoms in total. The Hall–Kier alpha value is -1.86. The second-order valence-corrected chi connectivity index (χ2v) is 9.70. The van der Waals surface area contributed by atoms with Crippen molar-refractivity contribution in [3.05, 3.63) is 71.8 Å². The molecule has 0 bridgehead atoms. The highest BCUT2D eigenvalue weighted by molar-refractivity contribution is 8.14. The summed E-state index contributed by atoms with van der Waals surface area (Å²) in [6, 6.07) is 20.3. The van der Waals surface area contributed by atoms with E-state index in [1.54, 1.807) is 11.8 Å². The zero-order chi connectivity index (χ0) is 22.2. The summed E-state index contributed by atoms with van der Waals surface area (Å²) in [6.07, 6.45) is 0.721. The Bertz CT molecular complexity index is 801. The van der Waals surface area contributed by atoms with Crippen molar-refractivity contribution in [2.75, 3.05) is 14.1 Å². The zero-order valence-electron chi connectivity index (χ0n) is 18.6. The van der Waals surface area contributed by atoms with E-state index >= 15 is 0 Å². The quantitative estimate of drug-likeness (QED) is 0.464. The monoisotopic (exact) mass is 442 g/mol. The molecular weight excluding hydrogens is 408 g/mol. The van der Waals surface area contributed by atoms with E-state index in [9.17, 15) is 5.11 Å². The van der Waals surface area contributed by atoms with Crippen LogP contribution in [0.2, 0.25) is 0 Å². The van der Waals surface area contributed by atoms with Gasteiger partial charge in [0.1, 0.15) is 0 Å². The first-order chi connectivity index (χ1) is 14.9. The van der Waals surface area contributed by atoms with Gasteiger partial charge >= 0.3 is 0 Å². The van der Waals surface area contributed by atoms with E-state index in [0.717, 1.165) is 24.0 Å². The Morgan fingerprint density at radius 2 is 1.55 bits per heavy atom. The number of rotatable bonds is 8. The van der Waals surface area contributed by atoms with Crippen molar-refractivity contribution in [2.24, 2.45) is 5.92 Å². The van der Waals surface area contributed by atoms with Crippen molar-refractivity contribution >= 4 is 16.9 Å². The second-order valence-electron chi connectivity index (χ2n) is 8.41. The molecule has 3 rings (SSSR count). The van der Waals surface area contributed by atoms with E-state index < -0.39 is 6.10 Å². The van der Waals surface area contributed by atoms with Crippen LogP contribution >= 0.6 is 11.8 Å². The first kappa shape index (κ1) is 23.8. The van der Waals surface area contributed by atoms with Gasteiger partial charge in [0.05, 0.1) is 31.5 Å². The number of nitrogens with one attached hydrogen (secondary N) is 1. The van der Waals surface area contributed by atoms with Crippen LogP contribution in [0, 0.1) is 11.3 Å². The van der Waals surface area contributed by atoms with Crippen LogP contribution in [0.5, 0.6) is 0 Å². The highest BCUT2D eigenvalue weighted by atomic mass is 32.2. The number of aliphatic hydroxyl groups is 1. The summed E-state index contributed by atoms with van der Waals surface area (Å²) in [5.41, 5.74) is 2.23. The number of thioether (sulfide) groups is 1. The predicted octanol–water partition coefficient (Wildman–Crippen LogP) is 4.55. The van der Waals surface area contributed by atoms with Crippen LogP contribution in [0.3, 0.4) is 0 Å². The summed E-state index contributed by atoms with van der Waals surface area (Å²) in [4.78, 5) is 1.82. The standard InChI is InChI=1S/C25H34N2O3S/c1-18(28)22-14-21(31-25(26)27(2)3)15-23(29-16-19-10-6-4-7-11-19)24(22)30-17-20-12-8-5-9-13-20/h4-13,18,21-24,26,28H,14-17H2,1-3H3/t18?,21-,22+,23+,24+/m0/s1. The summed E-state index contributed by atoms with van der Waals surface area (Å²) in [5.74, 6) is -0.0503. The molecule has 0 amide bonds. The lowest BCUT2D eigenvalue weighted by atomic mass is 9.80. The van der Waals surface area contributed by atoms with Crippen LogP contribution in [0.4, 0.5) is 0 Å². The normalized spacial score (nSPS) is 24.5. The first-order valence-corrected chi connectivity index (χ1v) is 11.7. The molecule has 0 spiro atoms. The van der Waals surface area contributed by atoms with E-state index in [-0.39, 0.29) is 23.4 Å². The molecule has 2 aromatic rings. The number of ether oxygens (including phenoxy) is 2. The Morgan fingerprint density at radius 1 is 1.00 bits per heavy atom. The number of benzene rings is 2. The third-order valence-electron chi connectivity index (χ3n) is 5.71. The third-order valence-corrected chi connectivity index (χ3v) is 7.02. The largest absolute Gasteiger partial charge is 0.393 e. The fraction of sp³-hybridized carbons (Fsp3) is 0.480. The highest BCUT2D eigenvalue weighted by Gasteiger charge is 2.42. The highest BCUT2D eigenvalue weighted by Crippen LogP contribution is 2.38. The van der Waals surface area contributed by atoms with Crippen molar-refractivity contribution in [1.82, 2.24) is 4.90 Å². The number of hydrogen-bond donors (Lipinski definition) is 2. The lowest BCUT2D eigenvalue weighted by Crippen LogP contribution is -2.49. The lowest BCUT2D eigenvalue weighted by Gasteiger charge is -2.42. The lowest BCUT2D eigenvalue weighted by molar-refractivity contribution is -0.145. The molecule has 1 aliphatic carbocycles. The molecule has 0 aliphatic heterocycles. The summed E-state index contributed by atoms with van der Waals surface area (Å²) < 4.78 is 12.8. The Labute approximate surface area is 190 Å². The van der Waals surface area contributed by atoms with Crippen molar-refractivity contribution in [3.63, 3.8) is 0 Å². The summed E-state index contributed by atoms with van der Waals surface area (Å²) in [5, 5.41) is 19.6. The van der Waals surface area contributed by atoms with Gasteiger partial charge in [-0.15, -0.1) is 0 Å². The van der Waals surface area contributed by atoms with E-state index in [2.05, 4.69) is 24.3 Å². The number of hydrogen-bond acceptors (Lipinski definition) is 5. The van der Waals surface area contributed by atoms with E-state index in [0.29, 0.717) is 18.4 Å². The van der Waals surface area contributed by atoms with Crippen LogP contribution in [0.1, 0.15) is 30.9 Å². The molecule has 0 radical (unpaired) electrons. The molecule has 5 atom stereocenters. The molecule has 2 aromatic carbocycles. The van der Waals surface area contributed by atoms with Gasteiger partial charge in [-0.2, -0.15) is 0 Å². The Morgan fingerprint density at radius 3 is 2.06 bits per heavy atom. The molecule has 0 heterocycles. The average molecular weight is 443 g/mol. The van der Waals surface area contributed by atoms with Crippen molar-refractivity contribution in [1.29, 1.82) is 5.41 Å². The molecule has 0 saturated heterocycles. The molecule has 31 heavy (non-hydrogen) atoms. The topological polar surface area (TPSA) is 65.8 Å². The SMILES string of the molecule is CC(O)[C@H]1C[C@H](SC(=N)N(C)C)C[C@@H](OCc2ccccc2)[C@@H]1OCc1ccccc1. The van der Waals surface area contributed by atoms with Crippen LogP contribution in [0.15, 0.2) is 60.7 Å². The van der Waals surface area contributed by atoms with Gasteiger partial charge in [-0.05, 0) is 30.9 Å². The fourth-order valence-corrected chi connectivity index (χ4v) is 5.10. The van der Waals surface area contributed by atoms with Gasteiger partial charge in [-0.25, -0.2) is 0 Å². The minimum absolute atomic E-state index is 0.0503. The minimum Gasteiger partial charge on any atom is -0.393 e. The van der Waals surface area contributed by atoms with Gasteiger partial charge in [0, 0.05) is 25.3 Å². The summed E-state index contributed by atoms with van der Waals surface area (Å²) in [7, 11) is 3.78. The number of nitrogens with zero attached hydrogens (tertiary/aromatic N) is 1. The maximum Gasteiger partial charge on any atom is 0.156 e. The Kier molecular flexibility index (Phi) is 8.96. The first-order valence-electron chi connectivity index (χ1n) is 10.9. The molecule has 1 fully saturated rings. The van der Waals surface area contributed by atoms with Gasteiger partial charge < -0.3 is 19.5 Å². The maximum atomic E-state index is 10.6. The maximum absolute atomic E-state index is 10.6. The molecule has 1 unspecified atom stereocenters. The van der Waals surface area contributed by atoms with Crippen molar-refractivity contribution in [2.45, 2.75) is 56.5 Å². The van der Waals surface area contributed by atoms with Crippen molar-refractivity contribution in [3.8, 4) is 0 Å². The van der Waals surface area contributed by atoms with Gasteiger partial charge in [-0.3, -0.25) is 5.41 Å². The summed E-state index contributed by atoms with van der Waals surface area (Å²) in [6.45, 7) is 2.83. The van der Waals surface area contributed by atoms with E-state index in [1.165, 1.54) is 0 Å². The Balaban J connectivity index is 1.75. The van der Waals surface area contributed by atoms with Crippen LogP contribution in [-0.2, 0) is 22.7 Å². The van der Waals surface area contributed by atoms with Gasteiger partial charge in [-0.1, -0.05) is 72.4 Å². The van der Waals surface area contributed by atoms with Crippen LogP contribution in [0.25, 0.3) is 0 Å². The third kappa shape index (κ3) is 7.07. The predicted molar refractivity (Wildman–Crippen MR) is 127 cm³/mol.